The second-order valence-corrected chi connectivity index (χ2v) is 32.0. The first kappa shape index (κ1) is 121. The van der Waals surface area contributed by atoms with Crippen molar-refractivity contribution in [3.05, 3.63) is 80.1 Å². The molecule has 0 spiro atoms. The third-order valence-corrected chi connectivity index (χ3v) is 22.6. The minimum Gasteiger partial charge on any atom is -0.548 e. The summed E-state index contributed by atoms with van der Waals surface area (Å²) in [4.78, 5) is 230. The average Bonchev–Trinajstić information content (AvgIpc) is 0.783. The van der Waals surface area contributed by atoms with E-state index in [4.69, 9.17) is 19.2 Å². The predicted molar refractivity (Wildman–Crippen MR) is 474 cm³/mol. The van der Waals surface area contributed by atoms with Crippen LogP contribution in [0.1, 0.15) is 149 Å². The van der Waals surface area contributed by atoms with Gasteiger partial charge in [-0.25, -0.2) is 0 Å². The van der Waals surface area contributed by atoms with Crippen molar-refractivity contribution in [1.82, 2.24) is 54.2 Å². The number of carbonyl (C=O) groups excluding carboxylic acids is 10. The largest absolute Gasteiger partial charge is 0.548 e. The van der Waals surface area contributed by atoms with Crippen molar-refractivity contribution < 1.29 is 203 Å². The standard InChI is InChI=1S/C87H127N15O24.2Gd.3H2O/c1-8-126-79-76(77(112)78(79)113)88-33-51-124-53-54-125-52-34-89-85-92-86(90-66-21-15-64(16-22-66)19-27-70(57-105)97-39-43-98(71(80(114)115)28-11-60(4)108)41-35-95(68(55-103)25-9-58(2)106)36-42-99(44-40-97)72(81(116)117)29-12-61(5)109)94-87(93-85)91-67-23-17-65(18-24-67)20-32-75(84(122)123)101-46-38-96(69(56-104)26-10-59(3)107)37-45-100(73(82(118)119)30-13-62(6)110)47-49-102(50-48-101)74(83(120)121)31-14-63(7)111;;;;;/h15-18,21-24,55-57,68-75,88H,8-14,19-20,25-54H2,1-7H3,(H,114,115)(H,116,117)(H,118,119)(H,120,121)(H,122,123)(H3,89,90,91,92,93,94);;;3*1H2/p-1. The van der Waals surface area contributed by atoms with Crippen LogP contribution in [0.5, 0.6) is 5.75 Å². The zero-order valence-corrected chi connectivity index (χ0v) is 80.2. The van der Waals surface area contributed by atoms with Crippen LogP contribution >= 0.6 is 0 Å². The van der Waals surface area contributed by atoms with Crippen LogP contribution in [0.4, 0.5) is 34.9 Å². The van der Waals surface area contributed by atoms with Crippen LogP contribution in [0.25, 0.3) is 0 Å². The zero-order valence-electron chi connectivity index (χ0n) is 75.6. The van der Waals surface area contributed by atoms with E-state index >= 15 is 0 Å². The van der Waals surface area contributed by atoms with Gasteiger partial charge in [-0.05, 0) is 148 Å². The molecule has 3 heterocycles. The number of aryl methyl sites for hydroxylation is 2. The number of nitrogens with one attached hydrogen (secondary N) is 4. The molecule has 1 aromatic heterocycles. The van der Waals surface area contributed by atoms with E-state index in [1.807, 2.05) is 21.9 Å². The molecular formula is C87H132Gd2N15O27-. The molecule has 2 saturated heterocycles. The summed E-state index contributed by atoms with van der Waals surface area (Å²) >= 11 is 0. The summed E-state index contributed by atoms with van der Waals surface area (Å²) in [6.45, 7) is 12.2. The van der Waals surface area contributed by atoms with Crippen molar-refractivity contribution >= 4 is 118 Å². The molecule has 734 valence electrons. The summed E-state index contributed by atoms with van der Waals surface area (Å²) in [6, 6.07) is 5.98. The Morgan fingerprint density at radius 1 is 0.382 bits per heavy atom. The van der Waals surface area contributed by atoms with Gasteiger partial charge in [-0.15, -0.1) is 0 Å². The maximum Gasteiger partial charge on any atom is 0.320 e. The van der Waals surface area contributed by atoms with Gasteiger partial charge in [-0.1, -0.05) is 24.3 Å². The summed E-state index contributed by atoms with van der Waals surface area (Å²) in [7, 11) is 0. The molecule has 3 aromatic carbocycles. The van der Waals surface area contributed by atoms with E-state index in [1.54, 1.807) is 72.7 Å². The van der Waals surface area contributed by atoms with Crippen molar-refractivity contribution in [2.75, 3.05) is 172 Å². The number of aliphatic carboxylic acids is 5. The second kappa shape index (κ2) is 64.9. The molecule has 2 aliphatic rings. The van der Waals surface area contributed by atoms with Crippen LogP contribution in [0, 0.1) is 79.9 Å². The molecule has 8 atom stereocenters. The summed E-state index contributed by atoms with van der Waals surface area (Å²) < 4.78 is 16.7. The molecule has 6 rings (SSSR count). The van der Waals surface area contributed by atoms with E-state index in [1.165, 1.54) is 41.5 Å². The van der Waals surface area contributed by atoms with Crippen LogP contribution < -0.4 is 42.0 Å². The predicted octanol–water partition coefficient (Wildman–Crippen LogP) is -0.406. The minimum atomic E-state index is -1.46. The number of carbonyl (C=O) groups is 14. The first-order chi connectivity index (χ1) is 60.2. The molecule has 4 aromatic rings. The van der Waals surface area contributed by atoms with Crippen LogP contribution in [0.15, 0.2) is 58.1 Å². The Bertz CT molecular complexity index is 4270. The van der Waals surface area contributed by atoms with Crippen LogP contribution in [-0.2, 0) is 89.4 Å². The molecule has 42 nitrogen and oxygen atoms in total. The number of anilines is 6. The van der Waals surface area contributed by atoms with Crippen LogP contribution in [-0.4, -0.2) is 374 Å². The summed E-state index contributed by atoms with van der Waals surface area (Å²) in [5, 5.41) is 68.4. The van der Waals surface area contributed by atoms with Gasteiger partial charge in [0.25, 0.3) is 10.9 Å². The molecule has 0 radical (unpaired) electrons. The monoisotopic (exact) mass is 2130 g/mol. The van der Waals surface area contributed by atoms with Gasteiger partial charge in [-0.3, -0.25) is 68.0 Å². The van der Waals surface area contributed by atoms with Crippen molar-refractivity contribution in [2.45, 2.75) is 200 Å². The molecule has 0 bridgehead atoms. The maximum absolute atomic E-state index is 13.6. The number of carboxylic acids is 5. The Morgan fingerprint density at radius 2 is 0.656 bits per heavy atom. The van der Waals surface area contributed by atoms with Crippen molar-refractivity contribution in [3.63, 3.8) is 0 Å². The first-order valence-electron chi connectivity index (χ1n) is 43.2. The Balaban J connectivity index is 0.0000172. The molecule has 14 N–H and O–H groups in total. The average molecular weight is 2130 g/mol. The van der Waals surface area contributed by atoms with Gasteiger partial charge in [0.05, 0.1) is 57.1 Å². The minimum absolute atomic E-state index is 0. The topological polar surface area (TPSA) is 612 Å². The summed E-state index contributed by atoms with van der Waals surface area (Å²) in [5.41, 5.74) is 1.35. The zero-order chi connectivity index (χ0) is 92.4. The fourth-order valence-electron chi connectivity index (χ4n) is 15.4. The number of nitrogens with zero attached hydrogens (tertiary/aromatic N) is 11. The number of carboxylic acid groups (broad SMARTS) is 5. The quantitative estimate of drug-likeness (QED) is 0.0158. The number of hydrogen-bond donors (Lipinski definition) is 8. The Hall–Kier alpha value is -7.96. The Kier molecular flexibility index (Phi) is 59.9. The van der Waals surface area contributed by atoms with Gasteiger partial charge >= 0.3 is 23.9 Å². The maximum atomic E-state index is 13.6. The van der Waals surface area contributed by atoms with E-state index in [0.29, 0.717) is 24.1 Å². The molecule has 2 fully saturated rings. The summed E-state index contributed by atoms with van der Waals surface area (Å²) in [6.07, 6.45) is 3.07. The number of rotatable bonds is 57. The van der Waals surface area contributed by atoms with Gasteiger partial charge in [-0.2, -0.15) is 15.0 Å². The number of benzene rings is 2. The Labute approximate surface area is 826 Å². The fourth-order valence-corrected chi connectivity index (χ4v) is 15.4. The number of aromatic nitrogens is 3. The van der Waals surface area contributed by atoms with Gasteiger partial charge in [0.15, 0.2) is 5.75 Å². The van der Waals surface area contributed by atoms with E-state index in [0.717, 1.165) is 23.7 Å². The third-order valence-electron chi connectivity index (χ3n) is 22.6. The van der Waals surface area contributed by atoms with Crippen LogP contribution in [0.2, 0.25) is 0 Å². The van der Waals surface area contributed by atoms with E-state index in [2.05, 4.69) is 31.2 Å². The molecule has 131 heavy (non-hydrogen) atoms. The molecule has 0 saturated carbocycles. The number of aldehydes is 3. The molecular weight excluding hydrogens is 2000 g/mol. The Morgan fingerprint density at radius 3 is 0.962 bits per heavy atom. The number of hydrogen-bond acceptors (Lipinski definition) is 35. The molecule has 8 unspecified atom stereocenters. The van der Waals surface area contributed by atoms with Gasteiger partial charge in [0, 0.05) is 254 Å². The smallest absolute Gasteiger partial charge is 0.320 e. The second-order valence-electron chi connectivity index (χ2n) is 32.0. The molecule has 2 aliphatic heterocycles. The fraction of sp³-hybridized carbons (Fsp3) is 0.621. The molecule has 44 heteroatoms. The number of ketones is 6. The molecule has 0 amide bonds. The van der Waals surface area contributed by atoms with Crippen LogP contribution in [0.3, 0.4) is 0 Å². The molecule has 0 aliphatic carbocycles. The normalized spacial score (nSPS) is 16.5. The van der Waals surface area contributed by atoms with Crippen molar-refractivity contribution in [3.8, 4) is 5.75 Å². The van der Waals surface area contributed by atoms with E-state index in [-0.39, 0.29) is 407 Å². The van der Waals surface area contributed by atoms with Gasteiger partial charge in [0.1, 0.15) is 83.4 Å². The van der Waals surface area contributed by atoms with E-state index < -0.39 is 89.0 Å². The van der Waals surface area contributed by atoms with Gasteiger partial charge in [0.2, 0.25) is 17.8 Å². The SMILES string of the molecule is CCOc1c(NCCOCCOCCNc2nc(Nc3ccc(CCC(C=O)N4CCN(C(CCC(C)=O)C(=O)O)CCN(C(C=O)CCC(C)=O)CCN(C(CCC(C)=O)C(=O)O)CC4)cc3)nc(Nc3ccc(CCC(C(=O)O)N4CCN(C(C=O)CCC(C)=O)CCN(C(CCC(C)=O)C(=O)[O-])CCN(C(CCC(C)=O)C(=O)O)CC4)cc3)n2)c(=O)c1=O.O.O.O.[Gd].[Gd]. The number of Topliss-reactive ketones (excluding diaryl/α,β-unsaturated/α-hetero) is 6. The van der Waals surface area contributed by atoms with E-state index in [9.17, 15) is 102 Å². The van der Waals surface area contributed by atoms with Crippen molar-refractivity contribution in [2.24, 2.45) is 0 Å². The first-order valence-corrected chi connectivity index (χ1v) is 43.2. The van der Waals surface area contributed by atoms with Gasteiger partial charge < -0.3 is 125 Å². The summed E-state index contributed by atoms with van der Waals surface area (Å²) in [5.74, 6) is -7.19. The number of ether oxygens (including phenoxy) is 3. The van der Waals surface area contributed by atoms with Crippen molar-refractivity contribution in [1.29, 1.82) is 0 Å². The third kappa shape index (κ3) is 43.1.